The average molecular weight is 459 g/mol. The van der Waals surface area contributed by atoms with E-state index < -0.39 is 0 Å². The van der Waals surface area contributed by atoms with Crippen LogP contribution in [0.3, 0.4) is 0 Å². The Kier molecular flexibility index (Phi) is 7.24. The molecule has 1 N–H and O–H groups in total. The zero-order valence-corrected chi connectivity index (χ0v) is 18.8. The highest BCUT2D eigenvalue weighted by Gasteiger charge is 2.37. The Labute approximate surface area is 191 Å². The van der Waals surface area contributed by atoms with E-state index in [9.17, 15) is 9.59 Å². The second-order valence-corrected chi connectivity index (χ2v) is 8.88. The van der Waals surface area contributed by atoms with E-state index in [0.29, 0.717) is 37.6 Å². The van der Waals surface area contributed by atoms with E-state index in [-0.39, 0.29) is 29.8 Å². The number of aromatic nitrogens is 2. The van der Waals surface area contributed by atoms with E-state index in [4.69, 9.17) is 19.2 Å². The largest absolute Gasteiger partial charge is 0.483 e. The third kappa shape index (κ3) is 5.17. The summed E-state index contributed by atoms with van der Waals surface area (Å²) in [5.41, 5.74) is 2.39. The molecule has 178 valence electrons. The van der Waals surface area contributed by atoms with Crippen molar-refractivity contribution >= 4 is 12.4 Å². The zero-order valence-electron chi connectivity index (χ0n) is 18.8. The van der Waals surface area contributed by atoms with Crippen LogP contribution in [-0.4, -0.2) is 76.4 Å². The van der Waals surface area contributed by atoms with Gasteiger partial charge in [-0.05, 0) is 31.7 Å². The molecule has 3 aliphatic rings. The van der Waals surface area contributed by atoms with Crippen LogP contribution in [0.2, 0.25) is 0 Å². The molecule has 0 aromatic carbocycles. The quantitative estimate of drug-likeness (QED) is 0.685. The summed E-state index contributed by atoms with van der Waals surface area (Å²) in [5, 5.41) is 10.8. The number of ether oxygens (including phenoxy) is 1. The summed E-state index contributed by atoms with van der Waals surface area (Å²) in [6, 6.07) is 5.77. The number of nitrogens with zero attached hydrogens (tertiary/aromatic N) is 4. The Hall–Kier alpha value is -2.98. The fourth-order valence-corrected chi connectivity index (χ4v) is 5.10. The van der Waals surface area contributed by atoms with Gasteiger partial charge in [0.2, 0.25) is 0 Å². The molecule has 2 aromatic rings. The number of carbonyl (C=O) groups excluding carboxylic acids is 1. The lowest BCUT2D eigenvalue weighted by atomic mass is 9.83. The third-order valence-electron chi connectivity index (χ3n) is 6.53. The molecule has 0 radical (unpaired) electrons. The lowest BCUT2D eigenvalue weighted by Gasteiger charge is -2.42. The Balaban J connectivity index is 0.000000821. The van der Waals surface area contributed by atoms with E-state index in [2.05, 4.69) is 16.1 Å². The summed E-state index contributed by atoms with van der Waals surface area (Å²) in [6.45, 7) is 7.50. The van der Waals surface area contributed by atoms with Crippen molar-refractivity contribution in [3.63, 3.8) is 0 Å². The van der Waals surface area contributed by atoms with E-state index in [0.717, 1.165) is 50.4 Å². The molecule has 5 rings (SSSR count). The average Bonchev–Trinajstić information content (AvgIpc) is 3.07. The van der Waals surface area contributed by atoms with Crippen LogP contribution in [0.15, 0.2) is 27.5 Å². The lowest BCUT2D eigenvalue weighted by Crippen LogP contribution is -2.49. The van der Waals surface area contributed by atoms with Crippen molar-refractivity contribution in [1.82, 2.24) is 19.5 Å². The number of amides is 1. The van der Waals surface area contributed by atoms with Crippen molar-refractivity contribution in [2.24, 2.45) is 5.92 Å². The first-order chi connectivity index (χ1) is 16.0. The van der Waals surface area contributed by atoms with Crippen LogP contribution in [-0.2, 0) is 22.6 Å². The Morgan fingerprint density at radius 3 is 2.82 bits per heavy atom. The standard InChI is InChI=1S/C22H28N4O4.CH2O2/c1-15-9-19(23-30-15)22(28)25-11-16-10-18(14-25)20-4-3-17(21(27)26(20)12-16)13-24-5-2-7-29-8-6-24;2-1-3/h3-4,9,16,18H,2,5-8,10-14H2,1H3;1H,(H,2,3)/t16-,18+;/m0./s1. The molecule has 10 heteroatoms. The predicted molar refractivity (Wildman–Crippen MR) is 118 cm³/mol. The van der Waals surface area contributed by atoms with Gasteiger partial charge in [0.25, 0.3) is 17.9 Å². The maximum Gasteiger partial charge on any atom is 0.290 e. The highest BCUT2D eigenvalue weighted by Crippen LogP contribution is 2.35. The van der Waals surface area contributed by atoms with Crippen LogP contribution in [0, 0.1) is 12.8 Å². The van der Waals surface area contributed by atoms with Crippen molar-refractivity contribution in [1.29, 1.82) is 0 Å². The summed E-state index contributed by atoms with van der Waals surface area (Å²) in [4.78, 5) is 38.6. The van der Waals surface area contributed by atoms with Gasteiger partial charge < -0.3 is 23.8 Å². The van der Waals surface area contributed by atoms with Crippen LogP contribution >= 0.6 is 0 Å². The van der Waals surface area contributed by atoms with Crippen molar-refractivity contribution in [3.05, 3.63) is 51.3 Å². The van der Waals surface area contributed by atoms with Crippen LogP contribution < -0.4 is 5.56 Å². The van der Waals surface area contributed by atoms with E-state index >= 15 is 0 Å². The summed E-state index contributed by atoms with van der Waals surface area (Å²) in [7, 11) is 0. The maximum absolute atomic E-state index is 13.2. The molecule has 0 aliphatic carbocycles. The highest BCUT2D eigenvalue weighted by atomic mass is 16.5. The summed E-state index contributed by atoms with van der Waals surface area (Å²) >= 11 is 0. The molecule has 2 atom stereocenters. The number of carboxylic acid groups (broad SMARTS) is 1. The Morgan fingerprint density at radius 2 is 2.06 bits per heavy atom. The molecule has 1 amide bonds. The van der Waals surface area contributed by atoms with E-state index in [1.165, 1.54) is 0 Å². The van der Waals surface area contributed by atoms with Gasteiger partial charge in [0, 0.05) is 69.1 Å². The summed E-state index contributed by atoms with van der Waals surface area (Å²) in [5.74, 6) is 1.02. The number of likely N-dealkylation sites (tertiary alicyclic amines) is 1. The minimum absolute atomic E-state index is 0.0858. The number of hydrogen-bond donors (Lipinski definition) is 1. The number of rotatable bonds is 3. The fourth-order valence-electron chi connectivity index (χ4n) is 5.10. The molecule has 0 saturated carbocycles. The van der Waals surface area contributed by atoms with Gasteiger partial charge in [0.15, 0.2) is 5.69 Å². The topological polar surface area (TPSA) is 118 Å². The van der Waals surface area contributed by atoms with Crippen molar-refractivity contribution in [3.8, 4) is 0 Å². The monoisotopic (exact) mass is 458 g/mol. The molecular weight excluding hydrogens is 428 g/mol. The minimum Gasteiger partial charge on any atom is -0.483 e. The number of carbonyl (C=O) groups is 2. The normalized spacial score (nSPS) is 22.5. The first-order valence-electron chi connectivity index (χ1n) is 11.3. The molecule has 2 fully saturated rings. The number of fused-ring (bicyclic) bond motifs is 4. The number of piperidine rings is 1. The molecule has 0 unspecified atom stereocenters. The Morgan fingerprint density at radius 1 is 1.24 bits per heavy atom. The van der Waals surface area contributed by atoms with Gasteiger partial charge in [-0.2, -0.15) is 0 Å². The predicted octanol–water partition coefficient (Wildman–Crippen LogP) is 1.33. The zero-order chi connectivity index (χ0) is 23.4. The first-order valence-corrected chi connectivity index (χ1v) is 11.3. The maximum atomic E-state index is 13.2. The third-order valence-corrected chi connectivity index (χ3v) is 6.53. The van der Waals surface area contributed by atoms with Crippen molar-refractivity contribution < 1.29 is 24.0 Å². The second-order valence-electron chi connectivity index (χ2n) is 8.88. The van der Waals surface area contributed by atoms with Gasteiger partial charge >= 0.3 is 0 Å². The molecule has 2 aromatic heterocycles. The van der Waals surface area contributed by atoms with Crippen molar-refractivity contribution in [2.45, 2.75) is 38.8 Å². The molecule has 3 aliphatic heterocycles. The lowest BCUT2D eigenvalue weighted by molar-refractivity contribution is -0.122. The first kappa shape index (κ1) is 23.2. The second kappa shape index (κ2) is 10.3. The van der Waals surface area contributed by atoms with Crippen LogP contribution in [0.25, 0.3) is 0 Å². The molecule has 0 spiro atoms. The van der Waals surface area contributed by atoms with Crippen molar-refractivity contribution in [2.75, 3.05) is 39.4 Å². The number of pyridine rings is 1. The van der Waals surface area contributed by atoms with Gasteiger partial charge in [0.1, 0.15) is 5.76 Å². The van der Waals surface area contributed by atoms with Gasteiger partial charge in [-0.15, -0.1) is 0 Å². The van der Waals surface area contributed by atoms with Gasteiger partial charge in [0.05, 0.1) is 6.61 Å². The van der Waals surface area contributed by atoms with E-state index in [1.54, 1.807) is 13.0 Å². The molecular formula is C23H30N4O6. The summed E-state index contributed by atoms with van der Waals surface area (Å²) < 4.78 is 12.6. The smallest absolute Gasteiger partial charge is 0.290 e. The highest BCUT2D eigenvalue weighted by molar-refractivity contribution is 5.92. The van der Waals surface area contributed by atoms with Gasteiger partial charge in [-0.25, -0.2) is 0 Å². The van der Waals surface area contributed by atoms with E-state index in [1.807, 2.05) is 15.5 Å². The molecule has 33 heavy (non-hydrogen) atoms. The fraction of sp³-hybridized carbons (Fsp3) is 0.565. The molecule has 2 bridgehead atoms. The van der Waals surface area contributed by atoms with Gasteiger partial charge in [-0.3, -0.25) is 19.3 Å². The Bertz CT molecular complexity index is 1040. The summed E-state index contributed by atoms with van der Waals surface area (Å²) in [6.07, 6.45) is 2.02. The molecule has 5 heterocycles. The number of aryl methyl sites for hydroxylation is 1. The molecule has 2 saturated heterocycles. The SMILES string of the molecule is Cc1cc(C(=O)N2C[C@@H]3C[C@H](C2)c2ccc(CN4CCCOCC4)c(=O)n2C3)no1.O=CO. The molecule has 10 nitrogen and oxygen atoms in total. The minimum atomic E-state index is -0.250. The van der Waals surface area contributed by atoms with Crippen LogP contribution in [0.5, 0.6) is 0 Å². The van der Waals surface area contributed by atoms with Crippen LogP contribution in [0.1, 0.15) is 46.3 Å². The van der Waals surface area contributed by atoms with Gasteiger partial charge in [-0.1, -0.05) is 11.2 Å². The van der Waals surface area contributed by atoms with Crippen LogP contribution in [0.4, 0.5) is 0 Å². The number of hydrogen-bond acceptors (Lipinski definition) is 7.